The Morgan fingerprint density at radius 1 is 1.50 bits per heavy atom. The number of nitrogens with zero attached hydrogens (tertiary/aromatic N) is 2. The number of thioether (sulfide) groups is 1. The van der Waals surface area contributed by atoms with Crippen LogP contribution in [0.1, 0.15) is 12.6 Å². The van der Waals surface area contributed by atoms with E-state index in [1.165, 1.54) is 0 Å². The lowest BCUT2D eigenvalue weighted by Crippen LogP contribution is -2.05. The molecule has 4 heteroatoms. The Morgan fingerprint density at radius 3 is 2.93 bits per heavy atom. The maximum Gasteiger partial charge on any atom is 0.161 e. The molecule has 1 N–H and O–H groups in total. The second-order valence-electron chi connectivity index (χ2n) is 3.41. The summed E-state index contributed by atoms with van der Waals surface area (Å²) in [6, 6.07) is 4.45. The largest absolute Gasteiger partial charge is 0.334 e. The van der Waals surface area contributed by atoms with Crippen LogP contribution in [0.5, 0.6) is 0 Å². The quantitative estimate of drug-likeness (QED) is 0.767. The standard InChI is InChI=1S/C10H13N3S/c1-7-3-4-9(5-11-7)13-10-12-8(2)6-14-10/h3-5,8H,6H2,1-2H3,(H,12,13). The van der Waals surface area contributed by atoms with Crippen molar-refractivity contribution in [2.75, 3.05) is 11.1 Å². The molecule has 2 heterocycles. The van der Waals surface area contributed by atoms with Crippen LogP contribution in [0.15, 0.2) is 23.3 Å². The van der Waals surface area contributed by atoms with Gasteiger partial charge in [0.25, 0.3) is 0 Å². The van der Waals surface area contributed by atoms with Gasteiger partial charge in [0.05, 0.1) is 17.9 Å². The molecular weight excluding hydrogens is 194 g/mol. The molecule has 0 amide bonds. The van der Waals surface area contributed by atoms with Crippen molar-refractivity contribution in [3.63, 3.8) is 0 Å². The van der Waals surface area contributed by atoms with Crippen LogP contribution in [0.2, 0.25) is 0 Å². The van der Waals surface area contributed by atoms with Crippen molar-refractivity contribution in [3.8, 4) is 0 Å². The van der Waals surface area contributed by atoms with Gasteiger partial charge in [-0.05, 0) is 26.0 Å². The first-order valence-electron chi connectivity index (χ1n) is 4.64. The zero-order valence-corrected chi connectivity index (χ0v) is 9.14. The third-order valence-corrected chi connectivity index (χ3v) is 3.09. The molecule has 2 rings (SSSR count). The minimum Gasteiger partial charge on any atom is -0.334 e. The first-order chi connectivity index (χ1) is 6.74. The number of anilines is 1. The molecule has 0 aromatic carbocycles. The molecular formula is C10H13N3S. The number of hydrogen-bond acceptors (Lipinski definition) is 4. The van der Waals surface area contributed by atoms with E-state index in [2.05, 4.69) is 22.2 Å². The number of amidine groups is 1. The van der Waals surface area contributed by atoms with E-state index in [1.54, 1.807) is 11.8 Å². The summed E-state index contributed by atoms with van der Waals surface area (Å²) < 4.78 is 0. The Bertz CT molecular complexity index is 345. The van der Waals surface area contributed by atoms with Crippen molar-refractivity contribution < 1.29 is 0 Å². The van der Waals surface area contributed by atoms with Gasteiger partial charge in [0.15, 0.2) is 5.17 Å². The van der Waals surface area contributed by atoms with Gasteiger partial charge in [-0.15, -0.1) is 0 Å². The third kappa shape index (κ3) is 2.26. The molecule has 0 spiro atoms. The molecule has 0 saturated carbocycles. The van der Waals surface area contributed by atoms with Crippen molar-refractivity contribution in [2.45, 2.75) is 19.9 Å². The zero-order valence-electron chi connectivity index (χ0n) is 8.32. The first-order valence-corrected chi connectivity index (χ1v) is 5.63. The Balaban J connectivity index is 2.04. The van der Waals surface area contributed by atoms with Gasteiger partial charge in [0, 0.05) is 11.4 Å². The number of nitrogens with one attached hydrogen (secondary N) is 1. The number of hydrogen-bond donors (Lipinski definition) is 1. The highest BCUT2D eigenvalue weighted by atomic mass is 32.2. The van der Waals surface area contributed by atoms with Crippen LogP contribution in [0.3, 0.4) is 0 Å². The molecule has 0 fully saturated rings. The molecule has 0 aliphatic carbocycles. The number of aliphatic imine (C=N–C) groups is 1. The van der Waals surface area contributed by atoms with E-state index in [0.29, 0.717) is 6.04 Å². The lowest BCUT2D eigenvalue weighted by Gasteiger charge is -2.03. The second kappa shape index (κ2) is 4.00. The van der Waals surface area contributed by atoms with Crippen LogP contribution >= 0.6 is 11.8 Å². The topological polar surface area (TPSA) is 37.3 Å². The van der Waals surface area contributed by atoms with Gasteiger partial charge in [-0.25, -0.2) is 0 Å². The average molecular weight is 207 g/mol. The predicted molar refractivity (Wildman–Crippen MR) is 62.0 cm³/mol. The van der Waals surface area contributed by atoms with Crippen molar-refractivity contribution in [1.29, 1.82) is 0 Å². The molecule has 1 aliphatic rings. The van der Waals surface area contributed by atoms with Gasteiger partial charge in [0.1, 0.15) is 0 Å². The van der Waals surface area contributed by atoms with E-state index in [-0.39, 0.29) is 0 Å². The molecule has 1 unspecified atom stereocenters. The van der Waals surface area contributed by atoms with Crippen LogP contribution in [0.25, 0.3) is 0 Å². The Labute approximate surface area is 88.0 Å². The third-order valence-electron chi connectivity index (χ3n) is 1.96. The Kier molecular flexibility index (Phi) is 2.72. The molecule has 1 aliphatic heterocycles. The number of pyridine rings is 1. The van der Waals surface area contributed by atoms with Gasteiger partial charge in [-0.2, -0.15) is 0 Å². The Hall–Kier alpha value is -1.03. The molecule has 1 aromatic rings. The monoisotopic (exact) mass is 207 g/mol. The van der Waals surface area contributed by atoms with Gasteiger partial charge in [0.2, 0.25) is 0 Å². The highest BCUT2D eigenvalue weighted by Gasteiger charge is 2.13. The van der Waals surface area contributed by atoms with E-state index in [1.807, 2.05) is 25.3 Å². The van der Waals surface area contributed by atoms with Gasteiger partial charge >= 0.3 is 0 Å². The van der Waals surface area contributed by atoms with Crippen molar-refractivity contribution in [1.82, 2.24) is 4.98 Å². The van der Waals surface area contributed by atoms with E-state index >= 15 is 0 Å². The minimum absolute atomic E-state index is 0.431. The minimum atomic E-state index is 0.431. The zero-order chi connectivity index (χ0) is 9.97. The fourth-order valence-electron chi connectivity index (χ4n) is 1.21. The van der Waals surface area contributed by atoms with Crippen LogP contribution in [0, 0.1) is 6.92 Å². The summed E-state index contributed by atoms with van der Waals surface area (Å²) in [4.78, 5) is 8.66. The maximum atomic E-state index is 4.45. The lowest BCUT2D eigenvalue weighted by molar-refractivity contribution is 0.865. The van der Waals surface area contributed by atoms with Crippen molar-refractivity contribution in [2.24, 2.45) is 4.99 Å². The highest BCUT2D eigenvalue weighted by Crippen LogP contribution is 2.19. The summed E-state index contributed by atoms with van der Waals surface area (Å²) in [5, 5.41) is 4.25. The Morgan fingerprint density at radius 2 is 2.36 bits per heavy atom. The van der Waals surface area contributed by atoms with E-state index in [0.717, 1.165) is 22.3 Å². The predicted octanol–water partition coefficient (Wildman–Crippen LogP) is 2.29. The maximum absolute atomic E-state index is 4.45. The van der Waals surface area contributed by atoms with E-state index in [9.17, 15) is 0 Å². The normalized spacial score (nSPS) is 20.7. The van der Waals surface area contributed by atoms with Crippen molar-refractivity contribution in [3.05, 3.63) is 24.0 Å². The molecule has 0 saturated heterocycles. The lowest BCUT2D eigenvalue weighted by atomic mass is 10.3. The molecule has 0 radical (unpaired) electrons. The first kappa shape index (κ1) is 9.52. The van der Waals surface area contributed by atoms with E-state index < -0.39 is 0 Å². The van der Waals surface area contributed by atoms with Gasteiger partial charge < -0.3 is 5.32 Å². The smallest absolute Gasteiger partial charge is 0.161 e. The SMILES string of the molecule is Cc1ccc(NC2=NC(C)CS2)cn1. The summed E-state index contributed by atoms with van der Waals surface area (Å²) in [6.45, 7) is 4.10. The molecule has 3 nitrogen and oxygen atoms in total. The van der Waals surface area contributed by atoms with Crippen LogP contribution in [-0.4, -0.2) is 21.9 Å². The van der Waals surface area contributed by atoms with Crippen LogP contribution < -0.4 is 5.32 Å². The highest BCUT2D eigenvalue weighted by molar-refractivity contribution is 8.14. The summed E-state index contributed by atoms with van der Waals surface area (Å²) in [5.74, 6) is 1.07. The van der Waals surface area contributed by atoms with Crippen LogP contribution in [0.4, 0.5) is 5.69 Å². The van der Waals surface area contributed by atoms with Crippen LogP contribution in [-0.2, 0) is 0 Å². The molecule has 74 valence electrons. The summed E-state index contributed by atoms with van der Waals surface area (Å²) in [7, 11) is 0. The fraction of sp³-hybridized carbons (Fsp3) is 0.400. The summed E-state index contributed by atoms with van der Waals surface area (Å²) in [6.07, 6.45) is 1.83. The number of aryl methyl sites for hydroxylation is 1. The van der Waals surface area contributed by atoms with E-state index in [4.69, 9.17) is 0 Å². The van der Waals surface area contributed by atoms with Gasteiger partial charge in [-0.3, -0.25) is 9.98 Å². The average Bonchev–Trinajstić information content (AvgIpc) is 2.56. The molecule has 1 atom stereocenters. The molecule has 14 heavy (non-hydrogen) atoms. The summed E-state index contributed by atoms with van der Waals surface area (Å²) >= 11 is 1.76. The van der Waals surface area contributed by atoms with Crippen molar-refractivity contribution >= 4 is 22.6 Å². The fourth-order valence-corrected chi connectivity index (χ4v) is 2.13. The second-order valence-corrected chi connectivity index (χ2v) is 4.42. The number of rotatable bonds is 1. The van der Waals surface area contributed by atoms with Gasteiger partial charge in [-0.1, -0.05) is 11.8 Å². The number of aromatic nitrogens is 1. The summed E-state index contributed by atoms with van der Waals surface area (Å²) in [5.41, 5.74) is 2.04. The molecule has 1 aromatic heterocycles. The molecule has 0 bridgehead atoms.